The van der Waals surface area contributed by atoms with Crippen molar-refractivity contribution >= 4 is 23.5 Å². The first-order valence-electron chi connectivity index (χ1n) is 5.85. The molecule has 0 saturated heterocycles. The van der Waals surface area contributed by atoms with E-state index in [1.165, 1.54) is 6.07 Å². The van der Waals surface area contributed by atoms with Crippen LogP contribution in [-0.4, -0.2) is 23.5 Å². The zero-order chi connectivity index (χ0) is 14.4. The molecule has 1 unspecified atom stereocenters. The minimum absolute atomic E-state index is 0.0410. The summed E-state index contributed by atoms with van der Waals surface area (Å²) in [4.78, 5) is 22.2. The Balaban J connectivity index is 2.49. The molecular weight excluding hydrogens is 273 g/mol. The molecule has 0 aliphatic rings. The number of carbonyl (C=O) groups excluding carboxylic acids is 1. The van der Waals surface area contributed by atoms with Crippen LogP contribution >= 0.6 is 11.6 Å². The SMILES string of the molecule is CC(CCC(=O)O)CNC(=O)c1ccc(F)cc1Cl. The van der Waals surface area contributed by atoms with Crippen LogP contribution < -0.4 is 5.32 Å². The van der Waals surface area contributed by atoms with Crippen molar-refractivity contribution < 1.29 is 19.1 Å². The van der Waals surface area contributed by atoms with Crippen molar-refractivity contribution in [3.05, 3.63) is 34.6 Å². The average Bonchev–Trinajstić information content (AvgIpc) is 2.33. The second kappa shape index (κ2) is 7.09. The van der Waals surface area contributed by atoms with Crippen molar-refractivity contribution in [2.24, 2.45) is 5.92 Å². The summed E-state index contributed by atoms with van der Waals surface area (Å²) < 4.78 is 12.8. The second-order valence-electron chi connectivity index (χ2n) is 4.37. The highest BCUT2D eigenvalue weighted by Crippen LogP contribution is 2.17. The summed E-state index contributed by atoms with van der Waals surface area (Å²) in [5.41, 5.74) is 0.202. The van der Waals surface area contributed by atoms with Gasteiger partial charge in [0.05, 0.1) is 10.6 Å². The number of aliphatic carboxylic acids is 1. The summed E-state index contributed by atoms with van der Waals surface area (Å²) >= 11 is 5.76. The van der Waals surface area contributed by atoms with Gasteiger partial charge >= 0.3 is 5.97 Å². The molecule has 0 heterocycles. The Kier molecular flexibility index (Phi) is 5.76. The van der Waals surface area contributed by atoms with Gasteiger partial charge in [-0.25, -0.2) is 4.39 Å². The van der Waals surface area contributed by atoms with Gasteiger partial charge in [-0.2, -0.15) is 0 Å². The molecule has 104 valence electrons. The van der Waals surface area contributed by atoms with E-state index >= 15 is 0 Å². The van der Waals surface area contributed by atoms with Gasteiger partial charge in [0, 0.05) is 13.0 Å². The Bertz CT molecular complexity index is 479. The zero-order valence-electron chi connectivity index (χ0n) is 10.5. The number of benzene rings is 1. The topological polar surface area (TPSA) is 66.4 Å². The van der Waals surface area contributed by atoms with Gasteiger partial charge in [0.1, 0.15) is 5.82 Å². The molecule has 0 spiro atoms. The Hall–Kier alpha value is -1.62. The van der Waals surface area contributed by atoms with E-state index in [4.69, 9.17) is 16.7 Å². The van der Waals surface area contributed by atoms with E-state index < -0.39 is 17.7 Å². The van der Waals surface area contributed by atoms with Crippen LogP contribution in [0.4, 0.5) is 4.39 Å². The lowest BCUT2D eigenvalue weighted by Gasteiger charge is -2.12. The highest BCUT2D eigenvalue weighted by molar-refractivity contribution is 6.33. The van der Waals surface area contributed by atoms with Gasteiger partial charge in [-0.1, -0.05) is 18.5 Å². The number of halogens is 2. The van der Waals surface area contributed by atoms with Gasteiger partial charge in [0.25, 0.3) is 5.91 Å². The minimum atomic E-state index is -0.861. The van der Waals surface area contributed by atoms with Crippen LogP contribution in [0.25, 0.3) is 0 Å². The molecule has 1 atom stereocenters. The smallest absolute Gasteiger partial charge is 0.303 e. The van der Waals surface area contributed by atoms with Crippen molar-refractivity contribution in [1.82, 2.24) is 5.32 Å². The number of nitrogens with one attached hydrogen (secondary N) is 1. The zero-order valence-corrected chi connectivity index (χ0v) is 11.2. The van der Waals surface area contributed by atoms with E-state index in [0.717, 1.165) is 12.1 Å². The van der Waals surface area contributed by atoms with E-state index in [0.29, 0.717) is 13.0 Å². The summed E-state index contributed by atoms with van der Waals surface area (Å²) in [6.45, 7) is 2.19. The summed E-state index contributed by atoms with van der Waals surface area (Å²) in [5, 5.41) is 11.2. The maximum atomic E-state index is 12.8. The number of hydrogen-bond acceptors (Lipinski definition) is 2. The standard InChI is InChI=1S/C13H15ClFNO3/c1-8(2-5-12(17)18)7-16-13(19)10-4-3-9(15)6-11(10)14/h3-4,6,8H,2,5,7H2,1H3,(H,16,19)(H,17,18). The molecule has 0 aliphatic heterocycles. The number of amides is 1. The van der Waals surface area contributed by atoms with Crippen LogP contribution in [0.15, 0.2) is 18.2 Å². The fourth-order valence-corrected chi connectivity index (χ4v) is 1.76. The van der Waals surface area contributed by atoms with Crippen molar-refractivity contribution in [2.75, 3.05) is 6.54 Å². The molecule has 6 heteroatoms. The third-order valence-electron chi connectivity index (χ3n) is 2.64. The lowest BCUT2D eigenvalue weighted by molar-refractivity contribution is -0.137. The van der Waals surface area contributed by atoms with Crippen LogP contribution in [-0.2, 0) is 4.79 Å². The first-order chi connectivity index (χ1) is 8.90. The van der Waals surface area contributed by atoms with Gasteiger partial charge in [0.15, 0.2) is 0 Å². The number of carboxylic acid groups (broad SMARTS) is 1. The molecule has 0 aliphatic carbocycles. The number of hydrogen-bond donors (Lipinski definition) is 2. The van der Waals surface area contributed by atoms with Gasteiger partial charge in [-0.15, -0.1) is 0 Å². The summed E-state index contributed by atoms with van der Waals surface area (Å²) in [5.74, 6) is -1.72. The lowest BCUT2D eigenvalue weighted by atomic mass is 10.1. The highest BCUT2D eigenvalue weighted by Gasteiger charge is 2.12. The van der Waals surface area contributed by atoms with Crippen LogP contribution in [0.1, 0.15) is 30.1 Å². The van der Waals surface area contributed by atoms with E-state index in [9.17, 15) is 14.0 Å². The van der Waals surface area contributed by atoms with Crippen molar-refractivity contribution in [1.29, 1.82) is 0 Å². The lowest BCUT2D eigenvalue weighted by Crippen LogP contribution is -2.28. The Morgan fingerprint density at radius 1 is 1.47 bits per heavy atom. The van der Waals surface area contributed by atoms with E-state index in [2.05, 4.69) is 5.32 Å². The largest absolute Gasteiger partial charge is 0.481 e. The molecule has 0 bridgehead atoms. The molecule has 1 amide bonds. The van der Waals surface area contributed by atoms with E-state index in [-0.39, 0.29) is 22.9 Å². The third kappa shape index (κ3) is 5.26. The minimum Gasteiger partial charge on any atom is -0.481 e. The van der Waals surface area contributed by atoms with E-state index in [1.54, 1.807) is 0 Å². The van der Waals surface area contributed by atoms with Crippen molar-refractivity contribution in [3.8, 4) is 0 Å². The fraction of sp³-hybridized carbons (Fsp3) is 0.385. The quantitative estimate of drug-likeness (QED) is 0.845. The molecule has 1 rings (SSSR count). The van der Waals surface area contributed by atoms with Crippen molar-refractivity contribution in [2.45, 2.75) is 19.8 Å². The molecule has 1 aromatic carbocycles. The summed E-state index contributed by atoms with van der Waals surface area (Å²) in [6.07, 6.45) is 0.543. The average molecular weight is 288 g/mol. The molecule has 19 heavy (non-hydrogen) atoms. The molecule has 2 N–H and O–H groups in total. The van der Waals surface area contributed by atoms with Gasteiger partial charge in [-0.05, 0) is 30.5 Å². The van der Waals surface area contributed by atoms with Gasteiger partial charge in [-0.3, -0.25) is 9.59 Å². The normalized spacial score (nSPS) is 11.9. The van der Waals surface area contributed by atoms with Crippen LogP contribution in [0.2, 0.25) is 5.02 Å². The van der Waals surface area contributed by atoms with Crippen molar-refractivity contribution in [3.63, 3.8) is 0 Å². The Morgan fingerprint density at radius 3 is 2.74 bits per heavy atom. The summed E-state index contributed by atoms with van der Waals surface area (Å²) in [7, 11) is 0. The molecule has 0 aromatic heterocycles. The Morgan fingerprint density at radius 2 is 2.16 bits per heavy atom. The molecule has 1 aromatic rings. The molecule has 0 saturated carbocycles. The fourth-order valence-electron chi connectivity index (χ4n) is 1.51. The Labute approximate surface area is 115 Å². The van der Waals surface area contributed by atoms with Gasteiger partial charge < -0.3 is 10.4 Å². The first-order valence-corrected chi connectivity index (χ1v) is 6.23. The van der Waals surface area contributed by atoms with Crippen LogP contribution in [0.3, 0.4) is 0 Å². The summed E-state index contributed by atoms with van der Waals surface area (Å²) in [6, 6.07) is 3.55. The van der Waals surface area contributed by atoms with Crippen LogP contribution in [0.5, 0.6) is 0 Å². The molecule has 0 radical (unpaired) electrons. The monoisotopic (exact) mass is 287 g/mol. The predicted octanol–water partition coefficient (Wildman–Crippen LogP) is 2.71. The molecular formula is C13H15ClFNO3. The molecule has 4 nitrogen and oxygen atoms in total. The number of rotatable bonds is 6. The van der Waals surface area contributed by atoms with Crippen LogP contribution in [0, 0.1) is 11.7 Å². The molecule has 0 fully saturated rings. The first kappa shape index (κ1) is 15.4. The second-order valence-corrected chi connectivity index (χ2v) is 4.78. The number of carboxylic acids is 1. The van der Waals surface area contributed by atoms with Gasteiger partial charge in [0.2, 0.25) is 0 Å². The maximum absolute atomic E-state index is 12.8. The van der Waals surface area contributed by atoms with E-state index in [1.807, 2.05) is 6.92 Å². The third-order valence-corrected chi connectivity index (χ3v) is 2.95. The highest BCUT2D eigenvalue weighted by atomic mass is 35.5. The predicted molar refractivity (Wildman–Crippen MR) is 69.8 cm³/mol. The number of carbonyl (C=O) groups is 2. The maximum Gasteiger partial charge on any atom is 0.303 e.